The third-order valence-electron chi connectivity index (χ3n) is 3.47. The van der Waals surface area contributed by atoms with Crippen LogP contribution in [0.5, 0.6) is 0 Å². The standard InChI is InChI=1S/C13H13N3O3/c17-12(16-5-1-2-11(16)13(18)19)8-3-4-9-10(6-8)15-7-14-9/h3-4,6-7,11H,1-2,5H2,(H,14,15)(H,18,19). The zero-order chi connectivity index (χ0) is 13.4. The Morgan fingerprint density at radius 2 is 2.26 bits per heavy atom. The van der Waals surface area contributed by atoms with E-state index in [1.54, 1.807) is 24.5 Å². The van der Waals surface area contributed by atoms with Gasteiger partial charge in [0.15, 0.2) is 0 Å². The van der Waals surface area contributed by atoms with Crippen LogP contribution in [0, 0.1) is 0 Å². The van der Waals surface area contributed by atoms with E-state index < -0.39 is 12.0 Å². The number of H-pyrrole nitrogens is 1. The Morgan fingerprint density at radius 1 is 1.42 bits per heavy atom. The number of likely N-dealkylation sites (tertiary alicyclic amines) is 1. The topological polar surface area (TPSA) is 86.3 Å². The first-order chi connectivity index (χ1) is 9.16. The average molecular weight is 259 g/mol. The highest BCUT2D eigenvalue weighted by molar-refractivity contribution is 5.99. The van der Waals surface area contributed by atoms with E-state index in [2.05, 4.69) is 9.97 Å². The number of carboxylic acids is 1. The van der Waals surface area contributed by atoms with Crippen LogP contribution in [0.25, 0.3) is 11.0 Å². The third kappa shape index (κ3) is 1.95. The summed E-state index contributed by atoms with van der Waals surface area (Å²) in [4.78, 5) is 31.9. The molecular formula is C13H13N3O3. The van der Waals surface area contributed by atoms with E-state index in [1.807, 2.05) is 0 Å². The van der Waals surface area contributed by atoms with Crippen molar-refractivity contribution >= 4 is 22.9 Å². The van der Waals surface area contributed by atoms with Crippen molar-refractivity contribution in [2.24, 2.45) is 0 Å². The molecular weight excluding hydrogens is 246 g/mol. The number of carbonyl (C=O) groups excluding carboxylic acids is 1. The van der Waals surface area contributed by atoms with Crippen LogP contribution in [-0.2, 0) is 4.79 Å². The molecule has 2 heterocycles. The molecule has 6 nitrogen and oxygen atoms in total. The van der Waals surface area contributed by atoms with Crippen molar-refractivity contribution in [2.75, 3.05) is 6.54 Å². The zero-order valence-electron chi connectivity index (χ0n) is 10.2. The van der Waals surface area contributed by atoms with Crippen molar-refractivity contribution in [3.63, 3.8) is 0 Å². The number of aromatic amines is 1. The predicted octanol–water partition coefficient (Wildman–Crippen LogP) is 1.25. The number of rotatable bonds is 2. The normalized spacial score (nSPS) is 18.9. The number of aromatic nitrogens is 2. The van der Waals surface area contributed by atoms with Gasteiger partial charge < -0.3 is 15.0 Å². The number of carbonyl (C=O) groups is 2. The summed E-state index contributed by atoms with van der Waals surface area (Å²) in [5.41, 5.74) is 2.05. The second-order valence-electron chi connectivity index (χ2n) is 4.63. The summed E-state index contributed by atoms with van der Waals surface area (Å²) in [6.07, 6.45) is 2.82. The quantitative estimate of drug-likeness (QED) is 0.849. The Kier molecular flexibility index (Phi) is 2.70. The molecule has 3 rings (SSSR count). The van der Waals surface area contributed by atoms with Crippen molar-refractivity contribution < 1.29 is 14.7 Å². The highest BCUT2D eigenvalue weighted by Gasteiger charge is 2.34. The van der Waals surface area contributed by atoms with Crippen molar-refractivity contribution in [1.82, 2.24) is 14.9 Å². The molecule has 1 aliphatic heterocycles. The van der Waals surface area contributed by atoms with Crippen molar-refractivity contribution in [1.29, 1.82) is 0 Å². The molecule has 1 fully saturated rings. The van der Waals surface area contributed by atoms with Crippen molar-refractivity contribution in [3.8, 4) is 0 Å². The lowest BCUT2D eigenvalue weighted by molar-refractivity contribution is -0.141. The van der Waals surface area contributed by atoms with E-state index in [1.165, 1.54) is 4.90 Å². The van der Waals surface area contributed by atoms with Gasteiger partial charge in [0.05, 0.1) is 17.4 Å². The van der Waals surface area contributed by atoms with E-state index in [9.17, 15) is 9.59 Å². The maximum Gasteiger partial charge on any atom is 0.326 e. The highest BCUT2D eigenvalue weighted by atomic mass is 16.4. The molecule has 0 radical (unpaired) electrons. The SMILES string of the molecule is O=C(O)C1CCCN1C(=O)c1ccc2nc[nH]c2c1. The van der Waals surface area contributed by atoms with Gasteiger partial charge in [0.1, 0.15) is 6.04 Å². The number of fused-ring (bicyclic) bond motifs is 1. The molecule has 1 aliphatic rings. The molecule has 1 amide bonds. The van der Waals surface area contributed by atoms with Crippen LogP contribution in [0.2, 0.25) is 0 Å². The Balaban J connectivity index is 1.92. The molecule has 1 aromatic carbocycles. The predicted molar refractivity (Wildman–Crippen MR) is 67.8 cm³/mol. The highest BCUT2D eigenvalue weighted by Crippen LogP contribution is 2.21. The van der Waals surface area contributed by atoms with Gasteiger partial charge in [-0.1, -0.05) is 0 Å². The summed E-state index contributed by atoms with van der Waals surface area (Å²) < 4.78 is 0. The van der Waals surface area contributed by atoms with Gasteiger partial charge in [-0.05, 0) is 31.0 Å². The van der Waals surface area contributed by atoms with Gasteiger partial charge in [0.25, 0.3) is 5.91 Å². The van der Waals surface area contributed by atoms with Crippen molar-refractivity contribution in [2.45, 2.75) is 18.9 Å². The summed E-state index contributed by atoms with van der Waals surface area (Å²) >= 11 is 0. The number of nitrogens with zero attached hydrogens (tertiary/aromatic N) is 2. The van der Waals surface area contributed by atoms with E-state index in [4.69, 9.17) is 5.11 Å². The first-order valence-electron chi connectivity index (χ1n) is 6.14. The second-order valence-corrected chi connectivity index (χ2v) is 4.63. The minimum absolute atomic E-state index is 0.235. The number of hydrogen-bond donors (Lipinski definition) is 2. The van der Waals surface area contributed by atoms with Crippen LogP contribution in [0.3, 0.4) is 0 Å². The van der Waals surface area contributed by atoms with Crippen molar-refractivity contribution in [3.05, 3.63) is 30.1 Å². The number of nitrogens with one attached hydrogen (secondary N) is 1. The van der Waals surface area contributed by atoms with Gasteiger partial charge in [-0.25, -0.2) is 9.78 Å². The summed E-state index contributed by atoms with van der Waals surface area (Å²) in [6, 6.07) is 4.44. The average Bonchev–Trinajstić information content (AvgIpc) is 3.05. The molecule has 0 aliphatic carbocycles. The maximum atomic E-state index is 12.4. The van der Waals surface area contributed by atoms with E-state index in [-0.39, 0.29) is 5.91 Å². The molecule has 98 valence electrons. The summed E-state index contributed by atoms with van der Waals surface area (Å²) in [5, 5.41) is 9.11. The molecule has 0 saturated carbocycles. The van der Waals surface area contributed by atoms with E-state index in [0.717, 1.165) is 17.5 Å². The smallest absolute Gasteiger partial charge is 0.326 e. The van der Waals surface area contributed by atoms with E-state index >= 15 is 0 Å². The van der Waals surface area contributed by atoms with Gasteiger partial charge in [0.2, 0.25) is 0 Å². The Morgan fingerprint density at radius 3 is 3.05 bits per heavy atom. The number of aliphatic carboxylic acids is 1. The van der Waals surface area contributed by atoms with Gasteiger partial charge in [-0.15, -0.1) is 0 Å². The minimum Gasteiger partial charge on any atom is -0.480 e. The first-order valence-corrected chi connectivity index (χ1v) is 6.14. The number of imidazole rings is 1. The molecule has 1 saturated heterocycles. The molecule has 2 aromatic rings. The molecule has 0 spiro atoms. The number of benzene rings is 1. The number of amides is 1. The third-order valence-corrected chi connectivity index (χ3v) is 3.47. The lowest BCUT2D eigenvalue weighted by Gasteiger charge is -2.21. The van der Waals surface area contributed by atoms with Gasteiger partial charge in [0, 0.05) is 12.1 Å². The maximum absolute atomic E-state index is 12.4. The van der Waals surface area contributed by atoms with Gasteiger partial charge in [-0.2, -0.15) is 0 Å². The van der Waals surface area contributed by atoms with Crippen LogP contribution in [0.1, 0.15) is 23.2 Å². The lowest BCUT2D eigenvalue weighted by atomic mass is 10.1. The lowest BCUT2D eigenvalue weighted by Crippen LogP contribution is -2.40. The second kappa shape index (κ2) is 4.38. The molecule has 1 unspecified atom stereocenters. The van der Waals surface area contributed by atoms with Gasteiger partial charge >= 0.3 is 5.97 Å². The van der Waals surface area contributed by atoms with Crippen LogP contribution in [-0.4, -0.2) is 44.4 Å². The molecule has 2 N–H and O–H groups in total. The Hall–Kier alpha value is -2.37. The molecule has 6 heteroatoms. The van der Waals surface area contributed by atoms with E-state index in [0.29, 0.717) is 18.5 Å². The monoisotopic (exact) mass is 259 g/mol. The van der Waals surface area contributed by atoms with Crippen LogP contribution >= 0.6 is 0 Å². The van der Waals surface area contributed by atoms with Gasteiger partial charge in [-0.3, -0.25) is 4.79 Å². The fourth-order valence-corrected chi connectivity index (χ4v) is 2.50. The van der Waals surface area contributed by atoms with Crippen LogP contribution in [0.4, 0.5) is 0 Å². The van der Waals surface area contributed by atoms with Crippen LogP contribution < -0.4 is 0 Å². The summed E-state index contributed by atoms with van der Waals surface area (Å²) in [5.74, 6) is -1.17. The van der Waals surface area contributed by atoms with Crippen LogP contribution in [0.15, 0.2) is 24.5 Å². The number of hydrogen-bond acceptors (Lipinski definition) is 3. The number of carboxylic acid groups (broad SMARTS) is 1. The Labute approximate surface area is 109 Å². The fraction of sp³-hybridized carbons (Fsp3) is 0.308. The minimum atomic E-state index is -0.937. The molecule has 0 bridgehead atoms. The molecule has 19 heavy (non-hydrogen) atoms. The Bertz CT molecular complexity index is 649. The first kappa shape index (κ1) is 11.7. The summed E-state index contributed by atoms with van der Waals surface area (Å²) in [7, 11) is 0. The molecule has 1 atom stereocenters. The zero-order valence-corrected chi connectivity index (χ0v) is 10.2. The summed E-state index contributed by atoms with van der Waals surface area (Å²) in [6.45, 7) is 0.497. The fourth-order valence-electron chi connectivity index (χ4n) is 2.50. The molecule has 1 aromatic heterocycles. The largest absolute Gasteiger partial charge is 0.480 e.